The molecule has 0 bridgehead atoms. The minimum absolute atomic E-state index is 0.0284. The first-order valence-corrected chi connectivity index (χ1v) is 8.15. The molecule has 1 atom stereocenters. The van der Waals surface area contributed by atoms with Gasteiger partial charge in [0.05, 0.1) is 13.2 Å². The number of hydrogen-bond donors (Lipinski definition) is 1. The van der Waals surface area contributed by atoms with E-state index in [1.165, 1.54) is 6.92 Å². The molecule has 2 aromatic rings. The largest absolute Gasteiger partial charge is 0.497 e. The Morgan fingerprint density at radius 3 is 2.56 bits per heavy atom. The van der Waals surface area contributed by atoms with E-state index < -0.39 is 0 Å². The highest BCUT2D eigenvalue weighted by Crippen LogP contribution is 2.16. The third-order valence-corrected chi connectivity index (χ3v) is 4.14. The van der Waals surface area contributed by atoms with Crippen LogP contribution in [0, 0.1) is 0 Å². The Labute approximate surface area is 148 Å². The number of hydrogen-bond acceptors (Lipinski definition) is 4. The van der Waals surface area contributed by atoms with E-state index in [9.17, 15) is 9.59 Å². The zero-order valence-electron chi connectivity index (χ0n) is 15.1. The zero-order valence-corrected chi connectivity index (χ0v) is 15.1. The monoisotopic (exact) mass is 340 g/mol. The molecular weight excluding hydrogens is 316 g/mol. The molecule has 0 radical (unpaired) electrons. The first-order valence-electron chi connectivity index (χ1n) is 8.15. The van der Waals surface area contributed by atoms with Crippen molar-refractivity contribution in [2.75, 3.05) is 19.5 Å². The fourth-order valence-corrected chi connectivity index (χ4v) is 2.46. The molecule has 2 rings (SSSR count). The quantitative estimate of drug-likeness (QED) is 0.785. The molecule has 0 spiro atoms. The zero-order chi connectivity index (χ0) is 18.4. The maximum absolute atomic E-state index is 12.5. The number of benzene rings is 2. The lowest BCUT2D eigenvalue weighted by Crippen LogP contribution is -2.39. The van der Waals surface area contributed by atoms with Crippen molar-refractivity contribution < 1.29 is 14.3 Å². The second kappa shape index (κ2) is 8.44. The Morgan fingerprint density at radius 2 is 1.88 bits per heavy atom. The minimum atomic E-state index is -0.327. The number of carbonyl (C=O) groups is 2. The van der Waals surface area contributed by atoms with Gasteiger partial charge >= 0.3 is 0 Å². The lowest BCUT2D eigenvalue weighted by molar-refractivity contribution is -0.120. The normalized spacial score (nSPS) is 11.9. The van der Waals surface area contributed by atoms with Gasteiger partial charge in [-0.3, -0.25) is 14.5 Å². The molecule has 1 N–H and O–H groups in total. The van der Waals surface area contributed by atoms with Gasteiger partial charge < -0.3 is 10.1 Å². The number of likely N-dealkylation sites (N-methyl/N-ethyl adjacent to an activating group) is 1. The van der Waals surface area contributed by atoms with E-state index in [1.54, 1.807) is 31.4 Å². The molecule has 0 aliphatic carbocycles. The van der Waals surface area contributed by atoms with Gasteiger partial charge in [0.15, 0.2) is 5.78 Å². The van der Waals surface area contributed by atoms with Crippen molar-refractivity contribution >= 4 is 17.4 Å². The van der Waals surface area contributed by atoms with Crippen molar-refractivity contribution in [1.29, 1.82) is 0 Å². The highest BCUT2D eigenvalue weighted by molar-refractivity contribution is 5.98. The number of anilines is 1. The van der Waals surface area contributed by atoms with Gasteiger partial charge in [0.1, 0.15) is 5.75 Å². The summed E-state index contributed by atoms with van der Waals surface area (Å²) in [6, 6.07) is 14.4. The van der Waals surface area contributed by atoms with Crippen molar-refractivity contribution in [1.82, 2.24) is 4.90 Å². The molecule has 0 aliphatic heterocycles. The number of carbonyl (C=O) groups excluding carboxylic acids is 2. The predicted octanol–water partition coefficient (Wildman–Crippen LogP) is 3.36. The van der Waals surface area contributed by atoms with E-state index in [0.29, 0.717) is 17.8 Å². The Hall–Kier alpha value is -2.66. The van der Waals surface area contributed by atoms with Gasteiger partial charge in [-0.25, -0.2) is 0 Å². The molecule has 132 valence electrons. The number of nitrogens with zero attached hydrogens (tertiary/aromatic N) is 1. The van der Waals surface area contributed by atoms with Crippen molar-refractivity contribution in [3.05, 3.63) is 59.7 Å². The first kappa shape index (κ1) is 18.7. The summed E-state index contributed by atoms with van der Waals surface area (Å²) in [5.74, 6) is 0.648. The van der Waals surface area contributed by atoms with Crippen LogP contribution in [-0.2, 0) is 11.3 Å². The Balaban J connectivity index is 2.01. The average Bonchev–Trinajstić information content (AvgIpc) is 2.61. The maximum Gasteiger partial charge on any atom is 0.241 e. The van der Waals surface area contributed by atoms with E-state index in [0.717, 1.165) is 11.3 Å². The van der Waals surface area contributed by atoms with Crippen molar-refractivity contribution in [3.8, 4) is 5.75 Å². The van der Waals surface area contributed by atoms with Crippen LogP contribution in [0.1, 0.15) is 29.8 Å². The fourth-order valence-electron chi connectivity index (χ4n) is 2.46. The minimum Gasteiger partial charge on any atom is -0.497 e. The Morgan fingerprint density at radius 1 is 1.16 bits per heavy atom. The molecule has 2 aromatic carbocycles. The molecule has 1 amide bonds. The molecule has 25 heavy (non-hydrogen) atoms. The second-order valence-corrected chi connectivity index (χ2v) is 6.07. The number of amides is 1. The summed E-state index contributed by atoms with van der Waals surface area (Å²) < 4.78 is 5.23. The molecular formula is C20H24N2O3. The fraction of sp³-hybridized carbons (Fsp3) is 0.300. The number of Topliss-reactive ketones (excluding diaryl/α,β-unsaturated/α-hetero) is 1. The predicted molar refractivity (Wildman–Crippen MR) is 99.0 cm³/mol. The molecule has 0 aliphatic rings. The lowest BCUT2D eigenvalue weighted by atomic mass is 10.1. The second-order valence-electron chi connectivity index (χ2n) is 6.07. The molecule has 5 heteroatoms. The van der Waals surface area contributed by atoms with Gasteiger partial charge in [-0.05, 0) is 50.7 Å². The van der Waals surface area contributed by atoms with Gasteiger partial charge in [-0.1, -0.05) is 24.3 Å². The summed E-state index contributed by atoms with van der Waals surface area (Å²) in [7, 11) is 3.53. The topological polar surface area (TPSA) is 58.6 Å². The van der Waals surface area contributed by atoms with Gasteiger partial charge in [0.25, 0.3) is 0 Å². The van der Waals surface area contributed by atoms with Crippen LogP contribution in [0.5, 0.6) is 5.75 Å². The van der Waals surface area contributed by atoms with E-state index in [2.05, 4.69) is 5.32 Å². The average molecular weight is 340 g/mol. The molecule has 0 saturated carbocycles. The van der Waals surface area contributed by atoms with Crippen LogP contribution in [0.2, 0.25) is 0 Å². The van der Waals surface area contributed by atoms with E-state index in [1.807, 2.05) is 43.1 Å². The standard InChI is InChI=1S/C20H24N2O3/c1-14(22(3)13-16-7-5-10-19(11-16)25-4)20(24)21-18-9-6-8-17(12-18)15(2)23/h5-12,14H,13H2,1-4H3,(H,21,24)/t14-/m0/s1. The van der Waals surface area contributed by atoms with Crippen molar-refractivity contribution in [3.63, 3.8) is 0 Å². The molecule has 0 aromatic heterocycles. The van der Waals surface area contributed by atoms with Crippen LogP contribution < -0.4 is 10.1 Å². The number of nitrogens with one attached hydrogen (secondary N) is 1. The summed E-state index contributed by atoms with van der Waals surface area (Å²) in [6.07, 6.45) is 0. The molecule has 5 nitrogen and oxygen atoms in total. The number of methoxy groups -OCH3 is 1. The van der Waals surface area contributed by atoms with Gasteiger partial charge in [-0.15, -0.1) is 0 Å². The smallest absolute Gasteiger partial charge is 0.241 e. The highest BCUT2D eigenvalue weighted by atomic mass is 16.5. The summed E-state index contributed by atoms with van der Waals surface area (Å²) in [6.45, 7) is 3.98. The molecule has 0 unspecified atom stereocenters. The van der Waals surface area contributed by atoms with Crippen LogP contribution >= 0.6 is 0 Å². The first-order chi connectivity index (χ1) is 11.9. The number of rotatable bonds is 7. The SMILES string of the molecule is COc1cccc(CN(C)[C@@H](C)C(=O)Nc2cccc(C(C)=O)c2)c1. The van der Waals surface area contributed by atoms with E-state index in [4.69, 9.17) is 4.74 Å². The summed E-state index contributed by atoms with van der Waals surface area (Å²) in [5.41, 5.74) is 2.27. The van der Waals surface area contributed by atoms with Crippen molar-refractivity contribution in [2.45, 2.75) is 26.4 Å². The van der Waals surface area contributed by atoms with Crippen LogP contribution in [0.15, 0.2) is 48.5 Å². The van der Waals surface area contributed by atoms with Gasteiger partial charge in [0, 0.05) is 17.8 Å². The third-order valence-electron chi connectivity index (χ3n) is 4.14. The van der Waals surface area contributed by atoms with Crippen LogP contribution in [-0.4, -0.2) is 36.8 Å². The van der Waals surface area contributed by atoms with E-state index >= 15 is 0 Å². The summed E-state index contributed by atoms with van der Waals surface area (Å²) >= 11 is 0. The molecule has 0 fully saturated rings. The van der Waals surface area contributed by atoms with Crippen LogP contribution in [0.25, 0.3) is 0 Å². The highest BCUT2D eigenvalue weighted by Gasteiger charge is 2.18. The summed E-state index contributed by atoms with van der Waals surface area (Å²) in [4.78, 5) is 25.9. The number of ketones is 1. The van der Waals surface area contributed by atoms with Gasteiger partial charge in [0.2, 0.25) is 5.91 Å². The third kappa shape index (κ3) is 5.16. The van der Waals surface area contributed by atoms with E-state index in [-0.39, 0.29) is 17.7 Å². The molecule has 0 saturated heterocycles. The van der Waals surface area contributed by atoms with Crippen LogP contribution in [0.3, 0.4) is 0 Å². The number of ether oxygens (including phenoxy) is 1. The van der Waals surface area contributed by atoms with Crippen molar-refractivity contribution in [2.24, 2.45) is 0 Å². The van der Waals surface area contributed by atoms with Gasteiger partial charge in [-0.2, -0.15) is 0 Å². The lowest BCUT2D eigenvalue weighted by Gasteiger charge is -2.24. The molecule has 0 heterocycles. The Bertz CT molecular complexity index is 758. The maximum atomic E-state index is 12.5. The Kier molecular flexibility index (Phi) is 6.31. The summed E-state index contributed by atoms with van der Waals surface area (Å²) in [5, 5.41) is 2.87. The van der Waals surface area contributed by atoms with Crippen LogP contribution in [0.4, 0.5) is 5.69 Å².